The molecule has 1 rings (SSSR count). The normalized spacial score (nSPS) is 11.8. The fraction of sp³-hybridized carbons (Fsp3) is 0.500. The summed E-state index contributed by atoms with van der Waals surface area (Å²) < 4.78 is 16.0. The van der Waals surface area contributed by atoms with Gasteiger partial charge in [0.25, 0.3) is 0 Å². The number of ether oxygens (including phenoxy) is 3. The molecule has 0 N–H and O–H groups in total. The van der Waals surface area contributed by atoms with Gasteiger partial charge in [0.15, 0.2) is 0 Å². The summed E-state index contributed by atoms with van der Waals surface area (Å²) >= 11 is 0. The molecule has 1 aromatic carbocycles. The van der Waals surface area contributed by atoms with Crippen LogP contribution in [0, 0.1) is 11.3 Å². The Balaban J connectivity index is 2.21. The summed E-state index contributed by atoms with van der Waals surface area (Å²) in [5.74, 6) is 0.791. The van der Waals surface area contributed by atoms with Crippen LogP contribution in [0.4, 0.5) is 0 Å². The molecule has 0 spiro atoms. The van der Waals surface area contributed by atoms with E-state index in [1.165, 1.54) is 0 Å². The molecule has 1 atom stereocenters. The van der Waals surface area contributed by atoms with E-state index in [0.29, 0.717) is 26.2 Å². The van der Waals surface area contributed by atoms with Gasteiger partial charge in [0.05, 0.1) is 31.8 Å². The Morgan fingerprint density at radius 1 is 1.22 bits per heavy atom. The lowest BCUT2D eigenvalue weighted by atomic mass is 10.2. The molecule has 0 heterocycles. The number of hydrogen-bond acceptors (Lipinski definition) is 4. The van der Waals surface area contributed by atoms with E-state index in [-0.39, 0.29) is 6.10 Å². The molecule has 0 aliphatic heterocycles. The van der Waals surface area contributed by atoms with Gasteiger partial charge >= 0.3 is 0 Å². The molecule has 4 heteroatoms. The zero-order valence-corrected chi connectivity index (χ0v) is 10.9. The molecule has 0 aliphatic carbocycles. The van der Waals surface area contributed by atoms with Crippen molar-refractivity contribution in [3.63, 3.8) is 0 Å². The molecule has 0 aromatic heterocycles. The van der Waals surface area contributed by atoms with E-state index >= 15 is 0 Å². The molecular weight excluding hydrogens is 230 g/mol. The van der Waals surface area contributed by atoms with Crippen molar-refractivity contribution >= 4 is 0 Å². The molecule has 0 saturated heterocycles. The number of benzene rings is 1. The van der Waals surface area contributed by atoms with Crippen LogP contribution in [0.25, 0.3) is 0 Å². The van der Waals surface area contributed by atoms with Gasteiger partial charge in [-0.3, -0.25) is 0 Å². The van der Waals surface area contributed by atoms with Crippen molar-refractivity contribution in [1.29, 1.82) is 5.26 Å². The van der Waals surface area contributed by atoms with E-state index in [0.717, 1.165) is 11.3 Å². The molecule has 1 unspecified atom stereocenters. The quantitative estimate of drug-likeness (QED) is 0.663. The minimum absolute atomic E-state index is 0.0802. The Kier molecular flexibility index (Phi) is 6.85. The maximum atomic E-state index is 8.55. The Morgan fingerprint density at radius 3 is 2.56 bits per heavy atom. The van der Waals surface area contributed by atoms with E-state index in [4.69, 9.17) is 19.5 Å². The van der Waals surface area contributed by atoms with E-state index < -0.39 is 0 Å². The highest BCUT2D eigenvalue weighted by atomic mass is 16.5. The van der Waals surface area contributed by atoms with Gasteiger partial charge in [-0.15, -0.1) is 0 Å². The van der Waals surface area contributed by atoms with Gasteiger partial charge in [0.2, 0.25) is 0 Å². The molecule has 4 nitrogen and oxygen atoms in total. The highest BCUT2D eigenvalue weighted by molar-refractivity contribution is 5.28. The van der Waals surface area contributed by atoms with E-state index in [2.05, 4.69) is 6.07 Å². The highest BCUT2D eigenvalue weighted by Gasteiger charge is 2.01. The minimum atomic E-state index is 0.0802. The number of hydrogen-bond donors (Lipinski definition) is 0. The van der Waals surface area contributed by atoms with Gasteiger partial charge in [-0.1, -0.05) is 12.1 Å². The van der Waals surface area contributed by atoms with Crippen LogP contribution in [0.3, 0.4) is 0 Å². The van der Waals surface area contributed by atoms with Crippen LogP contribution in [0.2, 0.25) is 0 Å². The third-order valence-electron chi connectivity index (χ3n) is 2.36. The lowest BCUT2D eigenvalue weighted by Gasteiger charge is -2.12. The summed E-state index contributed by atoms with van der Waals surface area (Å²) in [4.78, 5) is 0. The van der Waals surface area contributed by atoms with Gasteiger partial charge in [0.1, 0.15) is 12.4 Å². The zero-order chi connectivity index (χ0) is 13.2. The van der Waals surface area contributed by atoms with Gasteiger partial charge in [-0.25, -0.2) is 0 Å². The Bertz CT molecular complexity index is 370. The van der Waals surface area contributed by atoms with Crippen LogP contribution < -0.4 is 4.74 Å². The zero-order valence-electron chi connectivity index (χ0n) is 10.9. The Labute approximate surface area is 108 Å². The summed E-state index contributed by atoms with van der Waals surface area (Å²) in [6, 6.07) is 9.63. The average Bonchev–Trinajstić information content (AvgIpc) is 2.37. The van der Waals surface area contributed by atoms with Gasteiger partial charge in [0, 0.05) is 7.11 Å². The summed E-state index contributed by atoms with van der Waals surface area (Å²) in [7, 11) is 1.65. The van der Waals surface area contributed by atoms with Crippen molar-refractivity contribution in [2.45, 2.75) is 19.4 Å². The maximum absolute atomic E-state index is 8.55. The summed E-state index contributed by atoms with van der Waals surface area (Å²) in [6.45, 7) is 3.58. The van der Waals surface area contributed by atoms with E-state index in [1.807, 2.05) is 31.2 Å². The van der Waals surface area contributed by atoms with Crippen molar-refractivity contribution < 1.29 is 14.2 Å². The lowest BCUT2D eigenvalue weighted by Crippen LogP contribution is -2.18. The van der Waals surface area contributed by atoms with Gasteiger partial charge in [-0.05, 0) is 24.6 Å². The second kappa shape index (κ2) is 8.51. The fourth-order valence-electron chi connectivity index (χ4n) is 1.49. The monoisotopic (exact) mass is 249 g/mol. The molecular formula is C14H19NO3. The first-order valence-corrected chi connectivity index (χ1v) is 5.95. The van der Waals surface area contributed by atoms with Crippen LogP contribution in [0.1, 0.15) is 12.5 Å². The predicted molar refractivity (Wildman–Crippen MR) is 68.5 cm³/mol. The molecule has 18 heavy (non-hydrogen) atoms. The smallest absolute Gasteiger partial charge is 0.119 e. The highest BCUT2D eigenvalue weighted by Crippen LogP contribution is 2.12. The summed E-state index contributed by atoms with van der Waals surface area (Å²) in [5, 5.41) is 8.55. The number of rotatable bonds is 8. The third kappa shape index (κ3) is 5.67. The second-order valence-electron chi connectivity index (χ2n) is 3.96. The summed E-state index contributed by atoms with van der Waals surface area (Å²) in [6.07, 6.45) is 0.509. The lowest BCUT2D eigenvalue weighted by molar-refractivity contribution is -0.00214. The van der Waals surface area contributed by atoms with Crippen LogP contribution in [0.5, 0.6) is 5.75 Å². The SMILES string of the molecule is COCC(C)OCCOc1ccc(CC#N)cc1. The van der Waals surface area contributed by atoms with Crippen molar-refractivity contribution in [2.24, 2.45) is 0 Å². The largest absolute Gasteiger partial charge is 0.491 e. The molecule has 0 bridgehead atoms. The first-order valence-electron chi connectivity index (χ1n) is 5.95. The van der Waals surface area contributed by atoms with E-state index in [1.54, 1.807) is 7.11 Å². The fourth-order valence-corrected chi connectivity index (χ4v) is 1.49. The van der Waals surface area contributed by atoms with Crippen LogP contribution in [-0.2, 0) is 15.9 Å². The predicted octanol–water partition coefficient (Wildman–Crippen LogP) is 2.18. The van der Waals surface area contributed by atoms with Crippen molar-refractivity contribution in [3.8, 4) is 11.8 Å². The van der Waals surface area contributed by atoms with Crippen molar-refractivity contribution in [2.75, 3.05) is 26.9 Å². The number of methoxy groups -OCH3 is 1. The number of nitrogens with zero attached hydrogens (tertiary/aromatic N) is 1. The van der Waals surface area contributed by atoms with Crippen LogP contribution in [0.15, 0.2) is 24.3 Å². The Morgan fingerprint density at radius 2 is 1.94 bits per heavy atom. The van der Waals surface area contributed by atoms with Crippen molar-refractivity contribution in [3.05, 3.63) is 29.8 Å². The number of nitriles is 1. The topological polar surface area (TPSA) is 51.5 Å². The first kappa shape index (κ1) is 14.5. The molecule has 0 saturated carbocycles. The molecule has 0 aliphatic rings. The van der Waals surface area contributed by atoms with Crippen molar-refractivity contribution in [1.82, 2.24) is 0 Å². The Hall–Kier alpha value is -1.57. The molecule has 1 aromatic rings. The molecule has 0 amide bonds. The summed E-state index contributed by atoms with van der Waals surface area (Å²) in [5.41, 5.74) is 0.995. The van der Waals surface area contributed by atoms with Gasteiger partial charge < -0.3 is 14.2 Å². The van der Waals surface area contributed by atoms with Crippen LogP contribution >= 0.6 is 0 Å². The molecule has 98 valence electrons. The average molecular weight is 249 g/mol. The third-order valence-corrected chi connectivity index (χ3v) is 2.36. The second-order valence-corrected chi connectivity index (χ2v) is 3.96. The molecule has 0 radical (unpaired) electrons. The molecule has 0 fully saturated rings. The van der Waals surface area contributed by atoms with Crippen LogP contribution in [-0.4, -0.2) is 33.0 Å². The minimum Gasteiger partial charge on any atom is -0.491 e. The van der Waals surface area contributed by atoms with Gasteiger partial charge in [-0.2, -0.15) is 5.26 Å². The first-order chi connectivity index (χ1) is 8.76. The standard InChI is InChI=1S/C14H19NO3/c1-12(11-16-2)17-9-10-18-14-5-3-13(4-6-14)7-8-15/h3-6,12H,7,9-11H2,1-2H3. The van der Waals surface area contributed by atoms with E-state index in [9.17, 15) is 0 Å². The maximum Gasteiger partial charge on any atom is 0.119 e.